The van der Waals surface area contributed by atoms with E-state index in [1.54, 1.807) is 19.4 Å². The number of aryl methyl sites for hydroxylation is 1. The van der Waals surface area contributed by atoms with Crippen molar-refractivity contribution in [2.24, 2.45) is 0 Å². The Balaban J connectivity index is 1.35. The molecule has 2 aromatic heterocycles. The summed E-state index contributed by atoms with van der Waals surface area (Å²) in [6.07, 6.45) is 8.80. The first-order chi connectivity index (χ1) is 18.5. The molecule has 1 aliphatic rings. The fourth-order valence-corrected chi connectivity index (χ4v) is 5.13. The number of anilines is 3. The van der Waals surface area contributed by atoms with Gasteiger partial charge in [-0.25, -0.2) is 9.97 Å². The molecule has 38 heavy (non-hydrogen) atoms. The van der Waals surface area contributed by atoms with Gasteiger partial charge in [-0.05, 0) is 50.5 Å². The number of allylic oxidation sites excluding steroid dienone is 1. The number of amides is 1. The van der Waals surface area contributed by atoms with E-state index in [1.165, 1.54) is 6.08 Å². The molecule has 0 saturated carbocycles. The molecular formula is C29H31ClN6O2. The van der Waals surface area contributed by atoms with Crippen molar-refractivity contribution < 1.29 is 9.53 Å². The third-order valence-electron chi connectivity index (χ3n) is 6.79. The van der Waals surface area contributed by atoms with Crippen LogP contribution in [0.2, 0.25) is 5.02 Å². The summed E-state index contributed by atoms with van der Waals surface area (Å²) in [5.41, 5.74) is 5.38. The Morgan fingerprint density at radius 1 is 1.29 bits per heavy atom. The first kappa shape index (κ1) is 25.6. The quantitative estimate of drug-likeness (QED) is 0.247. The maximum Gasteiger partial charge on any atom is 0.248 e. The van der Waals surface area contributed by atoms with Crippen LogP contribution < -0.4 is 20.3 Å². The number of nitrogens with one attached hydrogen (secondary N) is 3. The van der Waals surface area contributed by atoms with Gasteiger partial charge in [0.2, 0.25) is 11.9 Å². The summed E-state index contributed by atoms with van der Waals surface area (Å²) in [5.74, 6) is 1.10. The third kappa shape index (κ3) is 5.31. The largest absolute Gasteiger partial charge is 0.495 e. The molecule has 2 aromatic carbocycles. The lowest BCUT2D eigenvalue weighted by molar-refractivity contribution is -0.111. The van der Waals surface area contributed by atoms with Gasteiger partial charge in [-0.1, -0.05) is 35.9 Å². The van der Waals surface area contributed by atoms with E-state index in [2.05, 4.69) is 37.6 Å². The number of hydrogen-bond acceptors (Lipinski definition) is 6. The smallest absolute Gasteiger partial charge is 0.248 e. The van der Waals surface area contributed by atoms with Crippen LogP contribution in [0.15, 0.2) is 60.9 Å². The highest BCUT2D eigenvalue weighted by atomic mass is 35.5. The fraction of sp³-hybridized carbons (Fsp3) is 0.276. The summed E-state index contributed by atoms with van der Waals surface area (Å²) in [6.45, 7) is 5.46. The van der Waals surface area contributed by atoms with Crippen LogP contribution in [0.25, 0.3) is 22.2 Å². The van der Waals surface area contributed by atoms with Gasteiger partial charge >= 0.3 is 0 Å². The lowest BCUT2D eigenvalue weighted by Crippen LogP contribution is -2.42. The van der Waals surface area contributed by atoms with Crippen molar-refractivity contribution in [3.63, 3.8) is 0 Å². The molecule has 0 bridgehead atoms. The van der Waals surface area contributed by atoms with Gasteiger partial charge < -0.3 is 25.3 Å². The second-order valence-electron chi connectivity index (χ2n) is 9.40. The summed E-state index contributed by atoms with van der Waals surface area (Å²) in [6, 6.07) is 12.2. The summed E-state index contributed by atoms with van der Waals surface area (Å²) in [5, 5.41) is 8.02. The van der Waals surface area contributed by atoms with E-state index >= 15 is 0 Å². The number of aromatic amines is 1. The number of hydrogen-bond donors (Lipinski definition) is 3. The predicted octanol–water partition coefficient (Wildman–Crippen LogP) is 6.19. The molecule has 0 aliphatic carbocycles. The van der Waals surface area contributed by atoms with Gasteiger partial charge in [0.25, 0.3) is 0 Å². The van der Waals surface area contributed by atoms with E-state index in [0.29, 0.717) is 16.7 Å². The van der Waals surface area contributed by atoms with Crippen LogP contribution in [0.5, 0.6) is 5.75 Å². The molecule has 1 aliphatic heterocycles. The first-order valence-corrected chi connectivity index (χ1v) is 13.1. The highest BCUT2D eigenvalue weighted by Gasteiger charge is 2.24. The van der Waals surface area contributed by atoms with Gasteiger partial charge in [0.05, 0.1) is 29.7 Å². The number of methoxy groups -OCH3 is 1. The SMILES string of the molecule is C/C=C/C(=O)Nc1cc(OC)c(N2CCC[C@@H](Nc3ncc(Cl)c(-c4c[nH]c5ccccc45)n3)C2)cc1C. The minimum Gasteiger partial charge on any atom is -0.495 e. The average Bonchev–Trinajstić information content (AvgIpc) is 3.35. The van der Waals surface area contributed by atoms with Crippen LogP contribution in [0.3, 0.4) is 0 Å². The molecule has 9 heteroatoms. The second kappa shape index (κ2) is 11.1. The average molecular weight is 531 g/mol. The molecule has 1 fully saturated rings. The molecule has 3 N–H and O–H groups in total. The van der Waals surface area contributed by atoms with Gasteiger partial charge in [0.15, 0.2) is 0 Å². The van der Waals surface area contributed by atoms with E-state index in [0.717, 1.165) is 65.1 Å². The molecule has 0 unspecified atom stereocenters. The topological polar surface area (TPSA) is 95.2 Å². The third-order valence-corrected chi connectivity index (χ3v) is 7.06. The van der Waals surface area contributed by atoms with E-state index in [9.17, 15) is 4.79 Å². The summed E-state index contributed by atoms with van der Waals surface area (Å²) < 4.78 is 5.72. The van der Waals surface area contributed by atoms with Gasteiger partial charge in [0, 0.05) is 53.5 Å². The van der Waals surface area contributed by atoms with Crippen molar-refractivity contribution in [1.82, 2.24) is 15.0 Å². The Morgan fingerprint density at radius 2 is 2.13 bits per heavy atom. The minimum atomic E-state index is -0.164. The number of ether oxygens (including phenoxy) is 1. The number of para-hydroxylation sites is 1. The number of halogens is 1. The van der Waals surface area contributed by atoms with Crippen molar-refractivity contribution in [3.8, 4) is 17.0 Å². The molecule has 5 rings (SSSR count). The summed E-state index contributed by atoms with van der Waals surface area (Å²) in [7, 11) is 1.65. The lowest BCUT2D eigenvalue weighted by atomic mass is 10.0. The Hall–Kier alpha value is -4.04. The minimum absolute atomic E-state index is 0.139. The number of piperidine rings is 1. The molecule has 196 valence electrons. The van der Waals surface area contributed by atoms with Crippen molar-refractivity contribution >= 4 is 45.7 Å². The number of H-pyrrole nitrogens is 1. The molecule has 1 atom stereocenters. The van der Waals surface area contributed by atoms with Gasteiger partial charge in [-0.2, -0.15) is 0 Å². The molecular weight excluding hydrogens is 500 g/mol. The number of carbonyl (C=O) groups is 1. The van der Waals surface area contributed by atoms with Gasteiger partial charge in [0.1, 0.15) is 5.75 Å². The van der Waals surface area contributed by atoms with Crippen molar-refractivity contribution in [1.29, 1.82) is 0 Å². The molecule has 1 saturated heterocycles. The molecule has 0 radical (unpaired) electrons. The van der Waals surface area contributed by atoms with Crippen LogP contribution >= 0.6 is 11.6 Å². The monoisotopic (exact) mass is 530 g/mol. The van der Waals surface area contributed by atoms with Crippen LogP contribution in [0.4, 0.5) is 17.3 Å². The Bertz CT molecular complexity index is 1500. The van der Waals surface area contributed by atoms with Crippen molar-refractivity contribution in [2.45, 2.75) is 32.7 Å². The molecule has 8 nitrogen and oxygen atoms in total. The number of nitrogens with zero attached hydrogens (tertiary/aromatic N) is 3. The summed E-state index contributed by atoms with van der Waals surface area (Å²) in [4.78, 5) is 26.9. The lowest BCUT2D eigenvalue weighted by Gasteiger charge is -2.36. The van der Waals surface area contributed by atoms with Gasteiger partial charge in [-0.3, -0.25) is 4.79 Å². The molecule has 3 heterocycles. The van der Waals surface area contributed by atoms with Crippen LogP contribution in [0.1, 0.15) is 25.3 Å². The first-order valence-electron chi connectivity index (χ1n) is 12.7. The Kier molecular flexibility index (Phi) is 7.51. The second-order valence-corrected chi connectivity index (χ2v) is 9.80. The highest BCUT2D eigenvalue weighted by Crippen LogP contribution is 2.36. The zero-order valence-electron chi connectivity index (χ0n) is 21.7. The van der Waals surface area contributed by atoms with E-state index in [4.69, 9.17) is 21.3 Å². The maximum absolute atomic E-state index is 12.1. The van der Waals surface area contributed by atoms with E-state index in [1.807, 2.05) is 44.3 Å². The molecule has 0 spiro atoms. The van der Waals surface area contributed by atoms with E-state index in [-0.39, 0.29) is 11.9 Å². The number of carbonyl (C=O) groups excluding carboxylic acids is 1. The van der Waals surface area contributed by atoms with E-state index < -0.39 is 0 Å². The highest BCUT2D eigenvalue weighted by molar-refractivity contribution is 6.33. The van der Waals surface area contributed by atoms with Crippen molar-refractivity contribution in [3.05, 3.63) is 71.5 Å². The Labute approximate surface area is 227 Å². The fourth-order valence-electron chi connectivity index (χ4n) is 4.93. The normalized spacial score (nSPS) is 15.7. The number of benzene rings is 2. The molecule has 4 aromatic rings. The predicted molar refractivity (Wildman–Crippen MR) is 154 cm³/mol. The Morgan fingerprint density at radius 3 is 2.95 bits per heavy atom. The van der Waals surface area contributed by atoms with Crippen LogP contribution in [-0.2, 0) is 4.79 Å². The summed E-state index contributed by atoms with van der Waals surface area (Å²) >= 11 is 6.53. The van der Waals surface area contributed by atoms with Gasteiger partial charge in [-0.15, -0.1) is 0 Å². The van der Waals surface area contributed by atoms with Crippen molar-refractivity contribution in [2.75, 3.05) is 35.7 Å². The van der Waals surface area contributed by atoms with Crippen LogP contribution in [0, 0.1) is 6.92 Å². The zero-order valence-corrected chi connectivity index (χ0v) is 22.5. The molecule has 1 amide bonds. The van der Waals surface area contributed by atoms with Crippen LogP contribution in [-0.4, -0.2) is 47.1 Å². The number of aromatic nitrogens is 3. The maximum atomic E-state index is 12.1. The zero-order chi connectivity index (χ0) is 26.6. The standard InChI is InChI=1S/C29H31ClN6O2/c1-4-8-27(37)34-24-14-26(38-3)25(13-18(24)2)36-12-7-9-19(17-36)33-29-32-16-22(30)28(35-29)21-15-31-23-11-6-5-10-20(21)23/h4-6,8,10-11,13-16,19,31H,7,9,12,17H2,1-3H3,(H,34,37)(H,32,33,35)/b8-4+/t19-/m1/s1. The number of fused-ring (bicyclic) bond motifs is 1. The number of rotatable bonds is 7.